The van der Waals surface area contributed by atoms with Crippen molar-refractivity contribution in [2.45, 2.75) is 26.3 Å². The molecule has 2 heterocycles. The van der Waals surface area contributed by atoms with E-state index >= 15 is 0 Å². The molecular weight excluding hydrogens is 254 g/mol. The van der Waals surface area contributed by atoms with Crippen LogP contribution in [0.25, 0.3) is 5.78 Å². The molecule has 0 aliphatic carbocycles. The molecule has 0 saturated heterocycles. The van der Waals surface area contributed by atoms with Crippen LogP contribution in [0.1, 0.15) is 18.9 Å². The minimum absolute atomic E-state index is 0.245. The fourth-order valence-corrected chi connectivity index (χ4v) is 1.83. The molecular formula is C11H16ClN5O. The lowest BCUT2D eigenvalue weighted by Gasteiger charge is -2.17. The van der Waals surface area contributed by atoms with Crippen molar-refractivity contribution in [2.24, 2.45) is 0 Å². The van der Waals surface area contributed by atoms with Crippen molar-refractivity contribution in [3.8, 4) is 0 Å². The minimum Gasteiger partial charge on any atom is -0.385 e. The average Bonchev–Trinajstić information content (AvgIpc) is 2.80. The monoisotopic (exact) mass is 269 g/mol. The summed E-state index contributed by atoms with van der Waals surface area (Å²) in [5.41, 5.74) is 0.860. The van der Waals surface area contributed by atoms with Crippen molar-refractivity contribution in [3.63, 3.8) is 0 Å². The highest BCUT2D eigenvalue weighted by atomic mass is 35.5. The van der Waals surface area contributed by atoms with Gasteiger partial charge in [0.05, 0.1) is 0 Å². The fourth-order valence-electron chi connectivity index (χ4n) is 1.67. The number of hydrogen-bond acceptors (Lipinski definition) is 5. The second kappa shape index (κ2) is 5.49. The molecule has 2 rings (SSSR count). The highest BCUT2D eigenvalue weighted by Crippen LogP contribution is 2.22. The number of methoxy groups -OCH3 is 1. The Morgan fingerprint density at radius 2 is 2.33 bits per heavy atom. The van der Waals surface area contributed by atoms with Gasteiger partial charge in [-0.25, -0.2) is 0 Å². The summed E-state index contributed by atoms with van der Waals surface area (Å²) in [7, 11) is 1.69. The number of nitrogens with zero attached hydrogens (tertiary/aromatic N) is 4. The van der Waals surface area contributed by atoms with E-state index < -0.39 is 0 Å². The summed E-state index contributed by atoms with van der Waals surface area (Å²) in [5.74, 6) is 1.32. The van der Waals surface area contributed by atoms with Gasteiger partial charge in [0.1, 0.15) is 17.3 Å². The first-order valence-electron chi connectivity index (χ1n) is 5.74. The lowest BCUT2D eigenvalue weighted by Crippen LogP contribution is -2.20. The van der Waals surface area contributed by atoms with E-state index in [4.69, 9.17) is 16.3 Å². The molecule has 18 heavy (non-hydrogen) atoms. The van der Waals surface area contributed by atoms with Crippen LogP contribution < -0.4 is 5.32 Å². The van der Waals surface area contributed by atoms with Gasteiger partial charge >= 0.3 is 0 Å². The van der Waals surface area contributed by atoms with E-state index in [9.17, 15) is 0 Å². The zero-order valence-corrected chi connectivity index (χ0v) is 11.4. The maximum atomic E-state index is 6.08. The molecule has 0 fully saturated rings. The van der Waals surface area contributed by atoms with E-state index in [1.165, 1.54) is 6.33 Å². The zero-order chi connectivity index (χ0) is 13.1. The van der Waals surface area contributed by atoms with Gasteiger partial charge in [0.25, 0.3) is 5.78 Å². The lowest BCUT2D eigenvalue weighted by molar-refractivity contribution is 0.191. The molecule has 1 atom stereocenters. The maximum absolute atomic E-state index is 6.08. The maximum Gasteiger partial charge on any atom is 0.255 e. The number of aromatic nitrogens is 4. The summed E-state index contributed by atoms with van der Waals surface area (Å²) >= 11 is 6.08. The van der Waals surface area contributed by atoms with Gasteiger partial charge in [0.2, 0.25) is 0 Å². The van der Waals surface area contributed by atoms with Gasteiger partial charge in [-0.05, 0) is 20.3 Å². The summed E-state index contributed by atoms with van der Waals surface area (Å²) in [4.78, 5) is 8.20. The van der Waals surface area contributed by atoms with Crippen molar-refractivity contribution >= 4 is 23.2 Å². The van der Waals surface area contributed by atoms with Crippen LogP contribution in [0.5, 0.6) is 0 Å². The Balaban J connectivity index is 2.31. The number of anilines is 1. The SMILES string of the molecule is COCCC(C)Nc1c(C)c(Cl)nc2ncnn12. The molecule has 1 unspecified atom stereocenters. The summed E-state index contributed by atoms with van der Waals surface area (Å²) in [5, 5.41) is 7.96. The fraction of sp³-hybridized carbons (Fsp3) is 0.545. The molecule has 0 amide bonds. The third kappa shape index (κ3) is 2.54. The Kier molecular flexibility index (Phi) is 3.98. The number of rotatable bonds is 5. The Morgan fingerprint density at radius 3 is 3.06 bits per heavy atom. The van der Waals surface area contributed by atoms with E-state index in [-0.39, 0.29) is 6.04 Å². The highest BCUT2D eigenvalue weighted by Gasteiger charge is 2.13. The molecule has 0 aliphatic rings. The first-order chi connectivity index (χ1) is 8.63. The predicted molar refractivity (Wildman–Crippen MR) is 70.1 cm³/mol. The summed E-state index contributed by atoms with van der Waals surface area (Å²) < 4.78 is 6.72. The van der Waals surface area contributed by atoms with Gasteiger partial charge in [0.15, 0.2) is 0 Å². The van der Waals surface area contributed by atoms with Gasteiger partial charge in [0, 0.05) is 25.3 Å². The van der Waals surface area contributed by atoms with Crippen LogP contribution in [0.15, 0.2) is 6.33 Å². The van der Waals surface area contributed by atoms with E-state index in [1.54, 1.807) is 11.6 Å². The lowest BCUT2D eigenvalue weighted by atomic mass is 10.2. The van der Waals surface area contributed by atoms with Crippen molar-refractivity contribution < 1.29 is 4.74 Å². The van der Waals surface area contributed by atoms with Crippen LogP contribution in [0, 0.1) is 6.92 Å². The Hall–Kier alpha value is -1.40. The van der Waals surface area contributed by atoms with Crippen molar-refractivity contribution in [1.29, 1.82) is 0 Å². The molecule has 6 nitrogen and oxygen atoms in total. The van der Waals surface area contributed by atoms with E-state index in [0.29, 0.717) is 17.5 Å². The van der Waals surface area contributed by atoms with E-state index in [0.717, 1.165) is 17.8 Å². The number of ether oxygens (including phenoxy) is 1. The molecule has 2 aromatic rings. The Morgan fingerprint density at radius 1 is 1.56 bits per heavy atom. The largest absolute Gasteiger partial charge is 0.385 e. The molecule has 0 radical (unpaired) electrons. The molecule has 0 aliphatic heterocycles. The first-order valence-corrected chi connectivity index (χ1v) is 6.12. The minimum atomic E-state index is 0.245. The molecule has 98 valence electrons. The standard InChI is InChI=1S/C11H16ClN5O/c1-7(4-5-18-3)15-10-8(2)9(12)16-11-13-6-14-17(10)11/h6-7,15H,4-5H2,1-3H3. The van der Waals surface area contributed by atoms with Crippen molar-refractivity contribution in [2.75, 3.05) is 19.0 Å². The number of hydrogen-bond donors (Lipinski definition) is 1. The molecule has 2 aromatic heterocycles. The second-order valence-corrected chi connectivity index (χ2v) is 4.53. The molecule has 1 N–H and O–H groups in total. The Labute approximate surface area is 110 Å². The van der Waals surface area contributed by atoms with Crippen LogP contribution in [0.2, 0.25) is 5.15 Å². The van der Waals surface area contributed by atoms with Crippen LogP contribution in [-0.2, 0) is 4.74 Å². The summed E-state index contributed by atoms with van der Waals surface area (Å²) in [6, 6.07) is 0.245. The van der Waals surface area contributed by atoms with Crippen molar-refractivity contribution in [3.05, 3.63) is 17.0 Å². The quantitative estimate of drug-likeness (QED) is 0.840. The van der Waals surface area contributed by atoms with E-state index in [2.05, 4.69) is 27.3 Å². The summed E-state index contributed by atoms with van der Waals surface area (Å²) in [6.45, 7) is 4.68. The third-order valence-electron chi connectivity index (χ3n) is 2.74. The molecule has 0 aromatic carbocycles. The van der Waals surface area contributed by atoms with Gasteiger partial charge < -0.3 is 10.1 Å². The van der Waals surface area contributed by atoms with Crippen molar-refractivity contribution in [1.82, 2.24) is 19.6 Å². The molecule has 0 spiro atoms. The predicted octanol–water partition coefficient (Wildman–Crippen LogP) is 1.92. The molecule has 0 saturated carbocycles. The number of halogens is 1. The summed E-state index contributed by atoms with van der Waals surface area (Å²) in [6.07, 6.45) is 2.36. The zero-order valence-electron chi connectivity index (χ0n) is 10.6. The van der Waals surface area contributed by atoms with Crippen LogP contribution >= 0.6 is 11.6 Å². The second-order valence-electron chi connectivity index (χ2n) is 4.17. The molecule has 7 heteroatoms. The highest BCUT2D eigenvalue weighted by molar-refractivity contribution is 6.30. The van der Waals surface area contributed by atoms with Crippen LogP contribution in [0.3, 0.4) is 0 Å². The van der Waals surface area contributed by atoms with Gasteiger partial charge in [-0.1, -0.05) is 11.6 Å². The van der Waals surface area contributed by atoms with Gasteiger partial charge in [-0.2, -0.15) is 19.6 Å². The van der Waals surface area contributed by atoms with Crippen LogP contribution in [0.4, 0.5) is 5.82 Å². The average molecular weight is 270 g/mol. The topological polar surface area (TPSA) is 64.3 Å². The first kappa shape index (κ1) is 13.0. The van der Waals surface area contributed by atoms with E-state index in [1.807, 2.05) is 6.92 Å². The third-order valence-corrected chi connectivity index (χ3v) is 3.11. The van der Waals surface area contributed by atoms with Crippen LogP contribution in [-0.4, -0.2) is 39.3 Å². The smallest absolute Gasteiger partial charge is 0.255 e. The van der Waals surface area contributed by atoms with Gasteiger partial charge in [-0.3, -0.25) is 0 Å². The Bertz CT molecular complexity index is 541. The molecule has 0 bridgehead atoms. The number of fused-ring (bicyclic) bond motifs is 1. The van der Waals surface area contributed by atoms with Gasteiger partial charge in [-0.15, -0.1) is 0 Å². The normalized spacial score (nSPS) is 12.9. The number of nitrogens with one attached hydrogen (secondary N) is 1.